The number of carbonyl (C=O) groups excluding carboxylic acids is 1. The van der Waals surface area contributed by atoms with Gasteiger partial charge in [0.05, 0.1) is 10.6 Å². The minimum absolute atomic E-state index is 0.103. The molecule has 0 aliphatic heterocycles. The average Bonchev–Trinajstić information content (AvgIpc) is 2.68. The average molecular weight is 555 g/mol. The summed E-state index contributed by atoms with van der Waals surface area (Å²) in [4.78, 5) is 12.9. The highest BCUT2D eigenvalue weighted by Crippen LogP contribution is 2.27. The molecule has 3 aromatic rings. The Kier molecular flexibility index (Phi) is 7.05. The number of rotatable bonds is 6. The number of hydrogen-bond acceptors (Lipinski definition) is 3. The lowest BCUT2D eigenvalue weighted by atomic mass is 10.2. The largest absolute Gasteiger partial charge is 0.324 e. The molecule has 3 aromatic carbocycles. The Morgan fingerprint density at radius 1 is 1.03 bits per heavy atom. The monoisotopic (exact) mass is 554 g/mol. The number of aryl methyl sites for hydroxylation is 2. The molecule has 0 aromatic heterocycles. The Bertz CT molecular complexity index is 1180. The second kappa shape index (κ2) is 9.36. The van der Waals surface area contributed by atoms with E-state index in [0.29, 0.717) is 16.4 Å². The van der Waals surface area contributed by atoms with Gasteiger partial charge >= 0.3 is 0 Å². The standard InChI is InChI=1S/C22H20ClIN2O3S/c1-15-6-9-20(10-7-15)30(28,29)26(19-5-3-4-17(23)13-19)14-22(27)25-21-11-8-18(24)12-16(21)2/h3-13H,14H2,1-2H3,(H,25,27). The molecule has 0 radical (unpaired) electrons. The van der Waals surface area contributed by atoms with E-state index in [1.165, 1.54) is 18.2 Å². The zero-order valence-corrected chi connectivity index (χ0v) is 20.1. The van der Waals surface area contributed by atoms with Crippen molar-refractivity contribution in [2.45, 2.75) is 18.7 Å². The van der Waals surface area contributed by atoms with Gasteiger partial charge in [0.25, 0.3) is 10.0 Å². The molecule has 0 saturated carbocycles. The van der Waals surface area contributed by atoms with Crippen LogP contribution in [0.5, 0.6) is 0 Å². The van der Waals surface area contributed by atoms with Crippen LogP contribution in [0.2, 0.25) is 5.02 Å². The number of hydrogen-bond donors (Lipinski definition) is 1. The van der Waals surface area contributed by atoms with Crippen LogP contribution in [0.3, 0.4) is 0 Å². The predicted octanol–water partition coefficient (Wildman–Crippen LogP) is 5.40. The second-order valence-corrected chi connectivity index (χ2v) is 10.4. The van der Waals surface area contributed by atoms with Gasteiger partial charge in [0.15, 0.2) is 0 Å². The zero-order valence-electron chi connectivity index (χ0n) is 16.4. The summed E-state index contributed by atoms with van der Waals surface area (Å²) in [6, 6.07) is 18.6. The quantitative estimate of drug-likeness (QED) is 0.415. The fourth-order valence-corrected chi connectivity index (χ4v) is 5.12. The van der Waals surface area contributed by atoms with Gasteiger partial charge in [0.2, 0.25) is 5.91 Å². The predicted molar refractivity (Wildman–Crippen MR) is 130 cm³/mol. The molecule has 5 nitrogen and oxygen atoms in total. The summed E-state index contributed by atoms with van der Waals surface area (Å²) >= 11 is 8.28. The highest BCUT2D eigenvalue weighted by atomic mass is 127. The molecular formula is C22H20ClIN2O3S. The third-order valence-corrected chi connectivity index (χ3v) is 7.15. The summed E-state index contributed by atoms with van der Waals surface area (Å²) in [5, 5.41) is 3.18. The Labute approximate surface area is 195 Å². The Morgan fingerprint density at radius 2 is 1.73 bits per heavy atom. The van der Waals surface area contributed by atoms with Crippen LogP contribution in [-0.4, -0.2) is 20.9 Å². The molecule has 0 spiro atoms. The number of nitrogens with zero attached hydrogens (tertiary/aromatic N) is 1. The fraction of sp³-hybridized carbons (Fsp3) is 0.136. The van der Waals surface area contributed by atoms with Crippen molar-refractivity contribution >= 4 is 61.5 Å². The first kappa shape index (κ1) is 22.6. The lowest BCUT2D eigenvalue weighted by molar-refractivity contribution is -0.114. The zero-order chi connectivity index (χ0) is 21.9. The normalized spacial score (nSPS) is 11.2. The Morgan fingerprint density at radius 3 is 2.37 bits per heavy atom. The third-order valence-electron chi connectivity index (χ3n) is 4.45. The van der Waals surface area contributed by atoms with Crippen molar-refractivity contribution in [2.75, 3.05) is 16.2 Å². The molecule has 0 bridgehead atoms. The van der Waals surface area contributed by atoms with Crippen molar-refractivity contribution in [1.82, 2.24) is 0 Å². The fourth-order valence-electron chi connectivity index (χ4n) is 2.87. The first-order valence-corrected chi connectivity index (χ1v) is 12.0. The van der Waals surface area contributed by atoms with Crippen molar-refractivity contribution in [2.24, 2.45) is 0 Å². The van der Waals surface area contributed by atoms with E-state index in [4.69, 9.17) is 11.6 Å². The molecule has 0 heterocycles. The molecule has 1 amide bonds. The number of anilines is 2. The molecule has 0 unspecified atom stereocenters. The molecule has 0 fully saturated rings. The van der Waals surface area contributed by atoms with E-state index in [1.54, 1.807) is 36.4 Å². The number of sulfonamides is 1. The molecule has 30 heavy (non-hydrogen) atoms. The molecule has 0 saturated heterocycles. The molecular weight excluding hydrogens is 535 g/mol. The maximum Gasteiger partial charge on any atom is 0.264 e. The number of benzene rings is 3. The van der Waals surface area contributed by atoms with E-state index >= 15 is 0 Å². The first-order chi connectivity index (χ1) is 14.2. The highest BCUT2D eigenvalue weighted by Gasteiger charge is 2.27. The van der Waals surface area contributed by atoms with Gasteiger partial charge in [-0.3, -0.25) is 9.10 Å². The van der Waals surface area contributed by atoms with Crippen LogP contribution >= 0.6 is 34.2 Å². The highest BCUT2D eigenvalue weighted by molar-refractivity contribution is 14.1. The number of carbonyl (C=O) groups is 1. The molecule has 3 rings (SSSR count). The lowest BCUT2D eigenvalue weighted by Crippen LogP contribution is -2.38. The van der Waals surface area contributed by atoms with Gasteiger partial charge in [0, 0.05) is 14.3 Å². The lowest BCUT2D eigenvalue weighted by Gasteiger charge is -2.24. The summed E-state index contributed by atoms with van der Waals surface area (Å²) < 4.78 is 28.8. The van der Waals surface area contributed by atoms with Crippen LogP contribution in [0.25, 0.3) is 0 Å². The van der Waals surface area contributed by atoms with Crippen LogP contribution in [0, 0.1) is 17.4 Å². The summed E-state index contributed by atoms with van der Waals surface area (Å²) in [5.41, 5.74) is 2.79. The third kappa shape index (κ3) is 5.33. The van der Waals surface area contributed by atoms with Gasteiger partial charge in [-0.1, -0.05) is 35.4 Å². The molecule has 0 aliphatic carbocycles. The smallest absolute Gasteiger partial charge is 0.264 e. The van der Waals surface area contributed by atoms with E-state index < -0.39 is 15.9 Å². The summed E-state index contributed by atoms with van der Waals surface area (Å²) in [7, 11) is -3.98. The van der Waals surface area contributed by atoms with E-state index in [-0.39, 0.29) is 11.4 Å². The summed E-state index contributed by atoms with van der Waals surface area (Å²) in [6.45, 7) is 3.37. The van der Waals surface area contributed by atoms with Gasteiger partial charge in [-0.2, -0.15) is 0 Å². The van der Waals surface area contributed by atoms with Crippen LogP contribution < -0.4 is 9.62 Å². The maximum atomic E-state index is 13.4. The number of halogens is 2. The van der Waals surface area contributed by atoms with Crippen molar-refractivity contribution in [3.63, 3.8) is 0 Å². The minimum atomic E-state index is -3.98. The van der Waals surface area contributed by atoms with Gasteiger partial charge in [-0.05, 0) is 90.5 Å². The Hall–Kier alpha value is -2.10. The van der Waals surface area contributed by atoms with Gasteiger partial charge < -0.3 is 5.32 Å². The second-order valence-electron chi connectivity index (χ2n) is 6.81. The van der Waals surface area contributed by atoms with E-state index in [1.807, 2.05) is 26.0 Å². The van der Waals surface area contributed by atoms with Crippen molar-refractivity contribution in [3.8, 4) is 0 Å². The van der Waals surface area contributed by atoms with Gasteiger partial charge in [-0.15, -0.1) is 0 Å². The molecule has 156 valence electrons. The van der Waals surface area contributed by atoms with Crippen LogP contribution in [0.15, 0.2) is 71.6 Å². The van der Waals surface area contributed by atoms with Crippen molar-refractivity contribution in [1.29, 1.82) is 0 Å². The first-order valence-electron chi connectivity index (χ1n) is 9.08. The molecule has 0 atom stereocenters. The molecule has 1 N–H and O–H groups in total. The van der Waals surface area contributed by atoms with Crippen molar-refractivity contribution < 1.29 is 13.2 Å². The van der Waals surface area contributed by atoms with Gasteiger partial charge in [0.1, 0.15) is 6.54 Å². The summed E-state index contributed by atoms with van der Waals surface area (Å²) in [5.74, 6) is -0.449. The van der Waals surface area contributed by atoms with Gasteiger partial charge in [-0.25, -0.2) is 8.42 Å². The van der Waals surface area contributed by atoms with Crippen LogP contribution in [-0.2, 0) is 14.8 Å². The van der Waals surface area contributed by atoms with E-state index in [2.05, 4.69) is 27.9 Å². The molecule has 8 heteroatoms. The van der Waals surface area contributed by atoms with E-state index in [9.17, 15) is 13.2 Å². The van der Waals surface area contributed by atoms with Crippen molar-refractivity contribution in [3.05, 3.63) is 86.4 Å². The molecule has 0 aliphatic rings. The van der Waals surface area contributed by atoms with Crippen LogP contribution in [0.4, 0.5) is 11.4 Å². The summed E-state index contributed by atoms with van der Waals surface area (Å²) in [6.07, 6.45) is 0. The van der Waals surface area contributed by atoms with E-state index in [0.717, 1.165) is 19.0 Å². The number of nitrogens with one attached hydrogen (secondary N) is 1. The minimum Gasteiger partial charge on any atom is -0.324 e. The maximum absolute atomic E-state index is 13.4. The van der Waals surface area contributed by atoms with Crippen LogP contribution in [0.1, 0.15) is 11.1 Å². The Balaban J connectivity index is 1.95. The topological polar surface area (TPSA) is 66.5 Å². The number of amides is 1. The SMILES string of the molecule is Cc1ccc(S(=O)(=O)N(CC(=O)Nc2ccc(I)cc2C)c2cccc(Cl)c2)cc1.